The van der Waals surface area contributed by atoms with Crippen molar-refractivity contribution in [2.75, 3.05) is 6.61 Å². The van der Waals surface area contributed by atoms with Crippen molar-refractivity contribution in [1.82, 2.24) is 9.78 Å². The third-order valence-corrected chi connectivity index (χ3v) is 4.29. The van der Waals surface area contributed by atoms with Crippen LogP contribution in [0, 0.1) is 0 Å². The van der Waals surface area contributed by atoms with Crippen LogP contribution >= 0.6 is 0 Å². The van der Waals surface area contributed by atoms with E-state index in [1.165, 1.54) is 6.92 Å². The molecule has 1 aromatic carbocycles. The third kappa shape index (κ3) is 4.65. The molecule has 0 spiro atoms. The second kappa shape index (κ2) is 7.14. The van der Waals surface area contributed by atoms with Gasteiger partial charge in [0.15, 0.2) is 0 Å². The van der Waals surface area contributed by atoms with Crippen molar-refractivity contribution in [3.8, 4) is 17.0 Å². The van der Waals surface area contributed by atoms with Crippen molar-refractivity contribution in [3.63, 3.8) is 0 Å². The summed E-state index contributed by atoms with van der Waals surface area (Å²) in [5, 5.41) is 15.4. The summed E-state index contributed by atoms with van der Waals surface area (Å²) in [6.45, 7) is 14.8. The summed E-state index contributed by atoms with van der Waals surface area (Å²) >= 11 is 0. The molecule has 5 nitrogen and oxygen atoms in total. The molecule has 0 amide bonds. The zero-order chi connectivity index (χ0) is 19.7. The van der Waals surface area contributed by atoms with Crippen molar-refractivity contribution in [3.05, 3.63) is 35.5 Å². The second-order valence-electron chi connectivity index (χ2n) is 8.72. The summed E-state index contributed by atoms with van der Waals surface area (Å²) in [6, 6.07) is 5.98. The minimum atomic E-state index is -0.291. The molecular formula is C21H30N2O3. The van der Waals surface area contributed by atoms with Gasteiger partial charge in [0.2, 0.25) is 0 Å². The van der Waals surface area contributed by atoms with Gasteiger partial charge in [-0.1, -0.05) is 41.5 Å². The summed E-state index contributed by atoms with van der Waals surface area (Å²) < 4.78 is 6.73. The first-order valence-electron chi connectivity index (χ1n) is 8.95. The van der Waals surface area contributed by atoms with Crippen LogP contribution in [0.25, 0.3) is 11.3 Å². The zero-order valence-corrected chi connectivity index (χ0v) is 16.9. The number of hydrogen-bond acceptors (Lipinski definition) is 4. The van der Waals surface area contributed by atoms with Gasteiger partial charge in [-0.15, -0.1) is 0 Å². The number of benzene rings is 1. The van der Waals surface area contributed by atoms with Crippen LogP contribution in [-0.2, 0) is 26.9 Å². The Labute approximate surface area is 156 Å². The van der Waals surface area contributed by atoms with Crippen LogP contribution < -0.4 is 0 Å². The molecule has 0 radical (unpaired) electrons. The molecular weight excluding hydrogens is 328 g/mol. The molecule has 5 heteroatoms. The van der Waals surface area contributed by atoms with Crippen LogP contribution in [0.4, 0.5) is 0 Å². The van der Waals surface area contributed by atoms with Gasteiger partial charge in [-0.2, -0.15) is 5.10 Å². The summed E-state index contributed by atoms with van der Waals surface area (Å²) in [4.78, 5) is 10.9. The van der Waals surface area contributed by atoms with E-state index < -0.39 is 0 Å². The van der Waals surface area contributed by atoms with Gasteiger partial charge in [0, 0.05) is 29.8 Å². The smallest absolute Gasteiger partial charge is 0.302 e. The van der Waals surface area contributed by atoms with E-state index in [9.17, 15) is 9.90 Å². The second-order valence-corrected chi connectivity index (χ2v) is 8.72. The minimum Gasteiger partial charge on any atom is -0.507 e. The third-order valence-electron chi connectivity index (χ3n) is 4.29. The molecule has 1 aromatic heterocycles. The molecule has 0 unspecified atom stereocenters. The molecule has 0 atom stereocenters. The van der Waals surface area contributed by atoms with E-state index in [1.807, 2.05) is 24.4 Å². The Balaban J connectivity index is 2.43. The molecule has 142 valence electrons. The lowest BCUT2D eigenvalue weighted by atomic mass is 9.78. The maximum atomic E-state index is 10.9. The van der Waals surface area contributed by atoms with E-state index in [2.05, 4.69) is 46.6 Å². The largest absolute Gasteiger partial charge is 0.507 e. The van der Waals surface area contributed by atoms with E-state index in [0.29, 0.717) is 18.9 Å². The first-order valence-corrected chi connectivity index (χ1v) is 8.95. The maximum absolute atomic E-state index is 10.9. The van der Waals surface area contributed by atoms with Gasteiger partial charge in [0.1, 0.15) is 12.4 Å². The number of nitrogens with zero attached hydrogens (tertiary/aromatic N) is 2. The first kappa shape index (κ1) is 20.0. The van der Waals surface area contributed by atoms with E-state index in [4.69, 9.17) is 4.74 Å². The first-order chi connectivity index (χ1) is 11.9. The Bertz CT molecular complexity index is 757. The molecule has 1 heterocycles. The van der Waals surface area contributed by atoms with Crippen molar-refractivity contribution in [2.45, 2.75) is 65.8 Å². The highest BCUT2D eigenvalue weighted by Crippen LogP contribution is 2.41. The number of aromatic hydroxyl groups is 1. The van der Waals surface area contributed by atoms with Crippen molar-refractivity contribution in [1.29, 1.82) is 0 Å². The minimum absolute atomic E-state index is 0.183. The Morgan fingerprint density at radius 2 is 1.65 bits per heavy atom. The molecule has 0 bridgehead atoms. The fourth-order valence-electron chi connectivity index (χ4n) is 2.85. The summed E-state index contributed by atoms with van der Waals surface area (Å²) in [6.07, 6.45) is 1.87. The van der Waals surface area contributed by atoms with Crippen LogP contribution in [0.5, 0.6) is 5.75 Å². The molecule has 2 rings (SSSR count). The number of phenolic OH excluding ortho intramolecular Hbond substituents is 1. The van der Waals surface area contributed by atoms with Crippen LogP contribution in [-0.4, -0.2) is 27.5 Å². The average molecular weight is 358 g/mol. The number of ether oxygens (including phenoxy) is 1. The van der Waals surface area contributed by atoms with Gasteiger partial charge in [-0.05, 0) is 29.0 Å². The number of hydrogen-bond donors (Lipinski definition) is 1. The molecule has 1 N–H and O–H groups in total. The number of esters is 1. The Morgan fingerprint density at radius 1 is 1.12 bits per heavy atom. The number of carbonyl (C=O) groups is 1. The van der Waals surface area contributed by atoms with Gasteiger partial charge in [-0.25, -0.2) is 0 Å². The van der Waals surface area contributed by atoms with E-state index in [0.717, 1.165) is 22.4 Å². The van der Waals surface area contributed by atoms with Crippen molar-refractivity contribution >= 4 is 5.97 Å². The maximum Gasteiger partial charge on any atom is 0.302 e. The Kier molecular flexibility index (Phi) is 5.49. The highest BCUT2D eigenvalue weighted by atomic mass is 16.5. The quantitative estimate of drug-likeness (QED) is 0.822. The summed E-state index contributed by atoms with van der Waals surface area (Å²) in [5.41, 5.74) is 3.27. The van der Waals surface area contributed by atoms with Gasteiger partial charge in [-0.3, -0.25) is 9.48 Å². The molecule has 0 aliphatic carbocycles. The van der Waals surface area contributed by atoms with Crippen LogP contribution in [0.15, 0.2) is 24.4 Å². The lowest BCUT2D eigenvalue weighted by molar-refractivity contribution is -0.141. The summed E-state index contributed by atoms with van der Waals surface area (Å²) in [7, 11) is 0. The number of aromatic nitrogens is 2. The lowest BCUT2D eigenvalue weighted by Crippen LogP contribution is -2.17. The fourth-order valence-corrected chi connectivity index (χ4v) is 2.85. The summed E-state index contributed by atoms with van der Waals surface area (Å²) in [5.74, 6) is 0.0728. The fraction of sp³-hybridized carbons (Fsp3) is 0.524. The Hall–Kier alpha value is -2.30. The highest BCUT2D eigenvalue weighted by molar-refractivity contribution is 5.66. The molecule has 26 heavy (non-hydrogen) atoms. The number of phenols is 1. The number of rotatable bonds is 4. The molecule has 0 aliphatic heterocycles. The molecule has 2 aromatic rings. The highest BCUT2D eigenvalue weighted by Gasteiger charge is 2.27. The predicted octanol–water partition coefficient (Wildman–Crippen LogP) is 4.41. The predicted molar refractivity (Wildman–Crippen MR) is 103 cm³/mol. The lowest BCUT2D eigenvalue weighted by Gasteiger charge is -2.28. The van der Waals surface area contributed by atoms with Gasteiger partial charge in [0.25, 0.3) is 0 Å². The molecule has 0 fully saturated rings. The molecule has 0 saturated carbocycles. The SMILES string of the molecule is CC(=O)OCCn1ccc(-c2cc(C(C)(C)C)c(O)c(C(C)(C)C)c2)n1. The van der Waals surface area contributed by atoms with Gasteiger partial charge in [0.05, 0.1) is 12.2 Å². The Morgan fingerprint density at radius 3 is 2.12 bits per heavy atom. The van der Waals surface area contributed by atoms with Crippen molar-refractivity contribution in [2.24, 2.45) is 0 Å². The standard InChI is InChI=1S/C21H30N2O3/c1-14(24)26-11-10-23-9-8-18(22-23)15-12-16(20(2,3)4)19(25)17(13-15)21(5,6)7/h8-9,12-13,25H,10-11H2,1-7H3. The normalized spacial score (nSPS) is 12.3. The van der Waals surface area contributed by atoms with E-state index in [1.54, 1.807) is 4.68 Å². The number of carbonyl (C=O) groups excluding carboxylic acids is 1. The molecule has 0 aliphatic rings. The monoisotopic (exact) mass is 358 g/mol. The topological polar surface area (TPSA) is 64.3 Å². The van der Waals surface area contributed by atoms with Gasteiger partial charge < -0.3 is 9.84 Å². The van der Waals surface area contributed by atoms with Crippen LogP contribution in [0.1, 0.15) is 59.6 Å². The van der Waals surface area contributed by atoms with Gasteiger partial charge >= 0.3 is 5.97 Å². The van der Waals surface area contributed by atoms with E-state index >= 15 is 0 Å². The average Bonchev–Trinajstić information content (AvgIpc) is 2.93. The van der Waals surface area contributed by atoms with Crippen molar-refractivity contribution < 1.29 is 14.6 Å². The van der Waals surface area contributed by atoms with E-state index in [-0.39, 0.29) is 16.8 Å². The van der Waals surface area contributed by atoms with Crippen LogP contribution in [0.2, 0.25) is 0 Å². The molecule has 0 saturated heterocycles. The zero-order valence-electron chi connectivity index (χ0n) is 16.9. The van der Waals surface area contributed by atoms with Crippen LogP contribution in [0.3, 0.4) is 0 Å².